The number of benzene rings is 1. The minimum atomic E-state index is -3.64. The van der Waals surface area contributed by atoms with Crippen LogP contribution in [0.15, 0.2) is 47.5 Å². The molecule has 0 atom stereocenters. The van der Waals surface area contributed by atoms with Crippen LogP contribution >= 0.6 is 23.2 Å². The zero-order valence-electron chi connectivity index (χ0n) is 8.97. The van der Waals surface area contributed by atoms with Gasteiger partial charge in [-0.15, -0.1) is 0 Å². The first-order chi connectivity index (χ1) is 8.47. The third-order valence-corrected chi connectivity index (χ3v) is 3.96. The highest BCUT2D eigenvalue weighted by molar-refractivity contribution is 7.92. The Balaban J connectivity index is 2.30. The van der Waals surface area contributed by atoms with Gasteiger partial charge >= 0.3 is 0 Å². The van der Waals surface area contributed by atoms with Gasteiger partial charge in [0.15, 0.2) is 0 Å². The van der Waals surface area contributed by atoms with Crippen LogP contribution < -0.4 is 4.72 Å². The van der Waals surface area contributed by atoms with Crippen molar-refractivity contribution in [2.75, 3.05) is 4.72 Å². The number of hydrogen-bond acceptors (Lipinski definition) is 3. The van der Waals surface area contributed by atoms with E-state index in [0.717, 1.165) is 0 Å². The first kappa shape index (κ1) is 13.1. The van der Waals surface area contributed by atoms with Crippen molar-refractivity contribution in [1.82, 2.24) is 4.98 Å². The number of rotatable bonds is 3. The number of anilines is 1. The third kappa shape index (κ3) is 3.13. The molecule has 0 spiro atoms. The van der Waals surface area contributed by atoms with Crippen LogP contribution in [0.1, 0.15) is 0 Å². The smallest absolute Gasteiger partial charge is 0.261 e. The number of sulfonamides is 1. The molecule has 0 radical (unpaired) electrons. The second-order valence-electron chi connectivity index (χ2n) is 3.43. The molecule has 94 valence electrons. The second-order valence-corrected chi connectivity index (χ2v) is 5.93. The number of nitrogens with one attached hydrogen (secondary N) is 1. The van der Waals surface area contributed by atoms with E-state index in [-0.39, 0.29) is 10.0 Å². The van der Waals surface area contributed by atoms with Crippen molar-refractivity contribution in [3.05, 3.63) is 52.8 Å². The van der Waals surface area contributed by atoms with Gasteiger partial charge < -0.3 is 0 Å². The summed E-state index contributed by atoms with van der Waals surface area (Å²) in [5.41, 5.74) is 0.352. The molecule has 0 aliphatic carbocycles. The van der Waals surface area contributed by atoms with Gasteiger partial charge in [-0.25, -0.2) is 13.4 Å². The lowest BCUT2D eigenvalue weighted by Gasteiger charge is -2.07. The van der Waals surface area contributed by atoms with E-state index < -0.39 is 10.0 Å². The van der Waals surface area contributed by atoms with Crippen LogP contribution in [0, 0.1) is 0 Å². The fourth-order valence-electron chi connectivity index (χ4n) is 1.29. The Morgan fingerprint density at radius 2 is 1.72 bits per heavy atom. The molecular formula is C11H8Cl2N2O2S. The first-order valence-corrected chi connectivity index (χ1v) is 7.11. The maximum Gasteiger partial charge on any atom is 0.261 e. The molecule has 0 amide bonds. The Labute approximate surface area is 115 Å². The van der Waals surface area contributed by atoms with Crippen molar-refractivity contribution in [2.24, 2.45) is 0 Å². The minimum absolute atomic E-state index is 0.125. The maximum absolute atomic E-state index is 12.0. The van der Waals surface area contributed by atoms with Gasteiger partial charge in [0.05, 0.1) is 10.6 Å². The summed E-state index contributed by atoms with van der Waals surface area (Å²) in [5, 5.41) is 0.687. The number of aromatic nitrogens is 1. The van der Waals surface area contributed by atoms with Gasteiger partial charge in [0.25, 0.3) is 10.0 Å². The third-order valence-electron chi connectivity index (χ3n) is 2.10. The minimum Gasteiger partial charge on any atom is -0.279 e. The summed E-state index contributed by atoms with van der Waals surface area (Å²) in [4.78, 5) is 3.89. The Hall–Kier alpha value is -1.30. The number of halogens is 2. The van der Waals surface area contributed by atoms with Crippen LogP contribution in [-0.4, -0.2) is 13.4 Å². The fraction of sp³-hybridized carbons (Fsp3) is 0. The van der Waals surface area contributed by atoms with Crippen molar-refractivity contribution in [2.45, 2.75) is 4.90 Å². The predicted molar refractivity (Wildman–Crippen MR) is 71.5 cm³/mol. The molecule has 1 aromatic heterocycles. The maximum atomic E-state index is 12.0. The van der Waals surface area contributed by atoms with Gasteiger partial charge in [0.1, 0.15) is 5.15 Å². The van der Waals surface area contributed by atoms with Gasteiger partial charge in [-0.1, -0.05) is 23.2 Å². The van der Waals surface area contributed by atoms with E-state index in [4.69, 9.17) is 23.2 Å². The van der Waals surface area contributed by atoms with E-state index in [2.05, 4.69) is 9.71 Å². The molecule has 1 heterocycles. The van der Waals surface area contributed by atoms with E-state index in [1.54, 1.807) is 0 Å². The van der Waals surface area contributed by atoms with Gasteiger partial charge in [-0.3, -0.25) is 4.72 Å². The number of hydrogen-bond donors (Lipinski definition) is 1. The summed E-state index contributed by atoms with van der Waals surface area (Å²) in [6, 6.07) is 8.81. The summed E-state index contributed by atoms with van der Waals surface area (Å²) in [7, 11) is -3.64. The van der Waals surface area contributed by atoms with Gasteiger partial charge in [0.2, 0.25) is 0 Å². The highest BCUT2D eigenvalue weighted by Gasteiger charge is 2.13. The van der Waals surface area contributed by atoms with E-state index in [9.17, 15) is 8.42 Å². The highest BCUT2D eigenvalue weighted by atomic mass is 35.5. The van der Waals surface area contributed by atoms with Crippen LogP contribution in [0.5, 0.6) is 0 Å². The molecule has 0 unspecified atom stereocenters. The summed E-state index contributed by atoms with van der Waals surface area (Å²) in [6.07, 6.45) is 1.42. The van der Waals surface area contributed by atoms with E-state index in [0.29, 0.717) is 10.7 Å². The zero-order chi connectivity index (χ0) is 13.2. The quantitative estimate of drug-likeness (QED) is 0.886. The van der Waals surface area contributed by atoms with Crippen molar-refractivity contribution in [1.29, 1.82) is 0 Å². The Bertz CT molecular complexity index is 657. The average Bonchev–Trinajstić information content (AvgIpc) is 2.29. The van der Waals surface area contributed by atoms with Crippen LogP contribution in [0.4, 0.5) is 5.69 Å². The molecule has 0 bridgehead atoms. The van der Waals surface area contributed by atoms with E-state index in [1.165, 1.54) is 42.6 Å². The van der Waals surface area contributed by atoms with Crippen molar-refractivity contribution >= 4 is 38.9 Å². The first-order valence-electron chi connectivity index (χ1n) is 4.87. The summed E-state index contributed by atoms with van der Waals surface area (Å²) in [5.74, 6) is 0. The molecule has 0 aliphatic rings. The molecule has 0 fully saturated rings. The SMILES string of the molecule is O=S(=O)(Nc1ccnc(Cl)c1)c1ccc(Cl)cc1. The standard InChI is InChI=1S/C11H8Cl2N2O2S/c12-8-1-3-10(4-2-8)18(16,17)15-9-5-6-14-11(13)7-9/h1-7H,(H,14,15). The van der Waals surface area contributed by atoms with Crippen LogP contribution in [0.3, 0.4) is 0 Å². The lowest BCUT2D eigenvalue weighted by Crippen LogP contribution is -2.12. The monoisotopic (exact) mass is 302 g/mol. The predicted octanol–water partition coefficient (Wildman–Crippen LogP) is 3.19. The van der Waals surface area contributed by atoms with Gasteiger partial charge in [-0.05, 0) is 36.4 Å². The Morgan fingerprint density at radius 3 is 2.33 bits per heavy atom. The lowest BCUT2D eigenvalue weighted by molar-refractivity contribution is 0.601. The second kappa shape index (κ2) is 5.14. The largest absolute Gasteiger partial charge is 0.279 e. The summed E-state index contributed by atoms with van der Waals surface area (Å²) in [6.45, 7) is 0. The summed E-state index contributed by atoms with van der Waals surface area (Å²) >= 11 is 11.4. The molecule has 0 saturated carbocycles. The number of nitrogens with zero attached hydrogens (tertiary/aromatic N) is 1. The van der Waals surface area contributed by atoms with Gasteiger partial charge in [-0.2, -0.15) is 0 Å². The molecule has 2 rings (SSSR count). The molecule has 7 heteroatoms. The molecule has 1 N–H and O–H groups in total. The van der Waals surface area contributed by atoms with E-state index in [1.807, 2.05) is 0 Å². The molecular weight excluding hydrogens is 295 g/mol. The molecule has 18 heavy (non-hydrogen) atoms. The Morgan fingerprint density at radius 1 is 1.06 bits per heavy atom. The van der Waals surface area contributed by atoms with E-state index >= 15 is 0 Å². The topological polar surface area (TPSA) is 59.1 Å². The molecule has 1 aromatic carbocycles. The zero-order valence-corrected chi connectivity index (χ0v) is 11.3. The molecule has 0 aliphatic heterocycles. The lowest BCUT2D eigenvalue weighted by atomic mass is 10.4. The van der Waals surface area contributed by atoms with Crippen LogP contribution in [0.25, 0.3) is 0 Å². The Kier molecular flexibility index (Phi) is 3.75. The highest BCUT2D eigenvalue weighted by Crippen LogP contribution is 2.19. The number of pyridine rings is 1. The van der Waals surface area contributed by atoms with Crippen molar-refractivity contribution < 1.29 is 8.42 Å². The molecule has 0 saturated heterocycles. The van der Waals surface area contributed by atoms with Crippen molar-refractivity contribution in [3.8, 4) is 0 Å². The normalized spacial score (nSPS) is 11.2. The fourth-order valence-corrected chi connectivity index (χ4v) is 2.64. The average molecular weight is 303 g/mol. The summed E-state index contributed by atoms with van der Waals surface area (Å²) < 4.78 is 26.4. The van der Waals surface area contributed by atoms with Crippen LogP contribution in [-0.2, 0) is 10.0 Å². The molecule has 2 aromatic rings. The van der Waals surface area contributed by atoms with Crippen LogP contribution in [0.2, 0.25) is 10.2 Å². The van der Waals surface area contributed by atoms with Crippen molar-refractivity contribution in [3.63, 3.8) is 0 Å². The van der Waals surface area contributed by atoms with Gasteiger partial charge in [0, 0.05) is 11.2 Å². The molecule has 4 nitrogen and oxygen atoms in total.